The van der Waals surface area contributed by atoms with Crippen LogP contribution in [0.25, 0.3) is 0 Å². The van der Waals surface area contributed by atoms with Gasteiger partial charge in [0.2, 0.25) is 0 Å². The standard InChI is InChI=1S/C26H28ClF3N2O6S/c1-12(2)23(25(34)35)31-11-26(36)14-6-15(26)8-17(7-14)39(37,38)21-5-13(3-4-18(21)27)24(33)32-16-9-19(28)22(30)20(29)10-16/h3-5,9-10,12,14-15,17,23,31,36H,6-8,11H2,1-2H3,(H,32,33)(H,34,35)/t14?,15?,17?,23-,26?/m0/s1. The van der Waals surface area contributed by atoms with Crippen molar-refractivity contribution in [2.75, 3.05) is 11.9 Å². The molecule has 0 aliphatic heterocycles. The van der Waals surface area contributed by atoms with E-state index >= 15 is 0 Å². The Morgan fingerprint density at radius 1 is 1.08 bits per heavy atom. The third-order valence-electron chi connectivity index (χ3n) is 7.80. The fraction of sp³-hybridized carbons (Fsp3) is 0.462. The number of carboxylic acid groups (broad SMARTS) is 1. The molecule has 212 valence electrons. The number of fused-ring (bicyclic) bond motifs is 2. The van der Waals surface area contributed by atoms with Gasteiger partial charge in [-0.25, -0.2) is 21.6 Å². The van der Waals surface area contributed by atoms with Crippen molar-refractivity contribution in [3.8, 4) is 0 Å². The maximum absolute atomic E-state index is 13.6. The summed E-state index contributed by atoms with van der Waals surface area (Å²) in [6, 6.07) is 3.85. The normalized spacial score (nSPS) is 25.2. The van der Waals surface area contributed by atoms with E-state index in [2.05, 4.69) is 10.6 Å². The van der Waals surface area contributed by atoms with Gasteiger partial charge in [0.05, 0.1) is 20.8 Å². The maximum atomic E-state index is 13.6. The van der Waals surface area contributed by atoms with Gasteiger partial charge >= 0.3 is 5.97 Å². The highest BCUT2D eigenvalue weighted by atomic mass is 35.5. The molecule has 3 fully saturated rings. The molecular formula is C26H28ClF3N2O6S. The van der Waals surface area contributed by atoms with Crippen molar-refractivity contribution >= 4 is 39.0 Å². The zero-order chi connectivity index (χ0) is 28.9. The molecule has 1 amide bonds. The van der Waals surface area contributed by atoms with Crippen molar-refractivity contribution in [2.45, 2.75) is 54.9 Å². The first-order chi connectivity index (χ1) is 18.1. The summed E-state index contributed by atoms with van der Waals surface area (Å²) < 4.78 is 67.3. The van der Waals surface area contributed by atoms with E-state index < -0.39 is 56.1 Å². The molecule has 0 radical (unpaired) electrons. The molecule has 0 spiro atoms. The van der Waals surface area contributed by atoms with E-state index in [0.29, 0.717) is 18.6 Å². The lowest BCUT2D eigenvalue weighted by atomic mass is 9.53. The third-order valence-corrected chi connectivity index (χ3v) is 10.5. The van der Waals surface area contributed by atoms with Crippen LogP contribution >= 0.6 is 11.6 Å². The van der Waals surface area contributed by atoms with Gasteiger partial charge in [-0.1, -0.05) is 25.4 Å². The Kier molecular flexibility index (Phi) is 8.06. The quantitative estimate of drug-likeness (QED) is 0.325. The summed E-state index contributed by atoms with van der Waals surface area (Å²) in [7, 11) is -4.06. The number of hydrogen-bond acceptors (Lipinski definition) is 6. The van der Waals surface area contributed by atoms with Gasteiger partial charge in [-0.3, -0.25) is 9.59 Å². The summed E-state index contributed by atoms with van der Waals surface area (Å²) in [6.45, 7) is 3.51. The van der Waals surface area contributed by atoms with E-state index in [9.17, 15) is 41.4 Å². The molecule has 5 rings (SSSR count). The van der Waals surface area contributed by atoms with Crippen LogP contribution in [0.2, 0.25) is 5.02 Å². The minimum Gasteiger partial charge on any atom is -0.480 e. The van der Waals surface area contributed by atoms with Crippen molar-refractivity contribution in [3.63, 3.8) is 0 Å². The number of carbonyl (C=O) groups is 2. The van der Waals surface area contributed by atoms with E-state index in [0.717, 1.165) is 6.07 Å². The van der Waals surface area contributed by atoms with Crippen LogP contribution in [0.4, 0.5) is 18.9 Å². The molecule has 3 aliphatic carbocycles. The fourth-order valence-corrected chi connectivity index (χ4v) is 7.95. The molecule has 2 aromatic rings. The summed E-state index contributed by atoms with van der Waals surface area (Å²) in [5.41, 5.74) is -1.75. The van der Waals surface area contributed by atoms with Gasteiger partial charge in [0.25, 0.3) is 5.91 Å². The second-order valence-electron chi connectivity index (χ2n) is 10.6. The molecule has 2 aromatic carbocycles. The van der Waals surface area contributed by atoms with E-state index in [1.807, 2.05) is 0 Å². The van der Waals surface area contributed by atoms with E-state index in [4.69, 9.17) is 11.6 Å². The van der Waals surface area contributed by atoms with Crippen LogP contribution in [0, 0.1) is 35.2 Å². The lowest BCUT2D eigenvalue weighted by Crippen LogP contribution is -2.67. The molecule has 4 N–H and O–H groups in total. The topological polar surface area (TPSA) is 133 Å². The van der Waals surface area contributed by atoms with E-state index in [1.54, 1.807) is 13.8 Å². The zero-order valence-corrected chi connectivity index (χ0v) is 22.6. The molecule has 3 atom stereocenters. The van der Waals surface area contributed by atoms with E-state index in [1.165, 1.54) is 12.1 Å². The van der Waals surface area contributed by atoms with Gasteiger partial charge in [-0.05, 0) is 55.2 Å². The van der Waals surface area contributed by atoms with Crippen LogP contribution in [0.5, 0.6) is 0 Å². The molecular weight excluding hydrogens is 561 g/mol. The SMILES string of the molecule is CC(C)[C@H](NCC1(O)C2CC1CC(S(=O)(=O)c1cc(C(=O)Nc3cc(F)c(F)c(F)c3)ccc1Cl)C2)C(=O)O. The second-order valence-corrected chi connectivity index (χ2v) is 13.2. The number of amides is 1. The van der Waals surface area contributed by atoms with Crippen molar-refractivity contribution in [2.24, 2.45) is 17.8 Å². The maximum Gasteiger partial charge on any atom is 0.320 e. The molecule has 8 nitrogen and oxygen atoms in total. The summed E-state index contributed by atoms with van der Waals surface area (Å²) in [6.07, 6.45) is 0.846. The van der Waals surface area contributed by atoms with Crippen LogP contribution in [-0.4, -0.2) is 53.9 Å². The van der Waals surface area contributed by atoms with Crippen LogP contribution in [-0.2, 0) is 14.6 Å². The number of halogens is 4. The first-order valence-electron chi connectivity index (χ1n) is 12.3. The lowest BCUT2D eigenvalue weighted by molar-refractivity contribution is -0.174. The molecule has 3 aliphatic rings. The average molecular weight is 589 g/mol. The highest BCUT2D eigenvalue weighted by Gasteiger charge is 2.60. The van der Waals surface area contributed by atoms with Crippen LogP contribution in [0.1, 0.15) is 43.5 Å². The van der Waals surface area contributed by atoms with Gasteiger partial charge in [0.1, 0.15) is 6.04 Å². The number of hydrogen-bond donors (Lipinski definition) is 4. The van der Waals surface area contributed by atoms with Crippen molar-refractivity contribution < 1.29 is 41.4 Å². The van der Waals surface area contributed by atoms with Gasteiger partial charge in [-0.2, -0.15) is 0 Å². The number of rotatable bonds is 9. The minimum absolute atomic E-state index is 0.0191. The summed E-state index contributed by atoms with van der Waals surface area (Å²) in [5.74, 6) is -7.59. The van der Waals surface area contributed by atoms with Gasteiger partial charge in [0, 0.05) is 29.9 Å². The average Bonchev–Trinajstić information content (AvgIpc) is 2.86. The van der Waals surface area contributed by atoms with Gasteiger partial charge in [0.15, 0.2) is 27.3 Å². The lowest BCUT2D eigenvalue weighted by Gasteiger charge is -2.58. The Labute approximate surface area is 228 Å². The molecule has 0 heterocycles. The molecule has 2 unspecified atom stereocenters. The number of aliphatic hydroxyl groups is 1. The summed E-state index contributed by atoms with van der Waals surface area (Å²) >= 11 is 6.20. The van der Waals surface area contributed by atoms with Gasteiger partial charge in [-0.15, -0.1) is 0 Å². The minimum atomic E-state index is -4.06. The Morgan fingerprint density at radius 2 is 1.67 bits per heavy atom. The highest BCUT2D eigenvalue weighted by molar-refractivity contribution is 7.92. The number of benzene rings is 2. The van der Waals surface area contributed by atoms with Crippen molar-refractivity contribution in [1.29, 1.82) is 0 Å². The number of carboxylic acids is 1. The largest absolute Gasteiger partial charge is 0.480 e. The third kappa shape index (κ3) is 5.52. The van der Waals surface area contributed by atoms with Crippen molar-refractivity contribution in [1.82, 2.24) is 5.32 Å². The fourth-order valence-electron chi connectivity index (χ4n) is 5.55. The summed E-state index contributed by atoms with van der Waals surface area (Å²) in [4.78, 5) is 23.9. The molecule has 13 heteroatoms. The Hall–Kier alpha value is -2.67. The van der Waals surface area contributed by atoms with Crippen LogP contribution in [0.3, 0.4) is 0 Å². The second kappa shape index (κ2) is 10.7. The Balaban J connectivity index is 1.50. The molecule has 3 saturated carbocycles. The number of anilines is 1. The molecule has 39 heavy (non-hydrogen) atoms. The molecule has 0 saturated heterocycles. The highest BCUT2D eigenvalue weighted by Crippen LogP contribution is 2.55. The number of carbonyl (C=O) groups excluding carboxylic acids is 1. The Bertz CT molecular complexity index is 1390. The Morgan fingerprint density at radius 3 is 2.21 bits per heavy atom. The van der Waals surface area contributed by atoms with E-state index in [-0.39, 0.29) is 58.3 Å². The smallest absolute Gasteiger partial charge is 0.320 e. The number of nitrogens with one attached hydrogen (secondary N) is 2. The van der Waals surface area contributed by atoms with Crippen LogP contribution in [0.15, 0.2) is 35.2 Å². The molecule has 2 bridgehead atoms. The predicted octanol–water partition coefficient (Wildman–Crippen LogP) is 4.01. The van der Waals surface area contributed by atoms with Crippen molar-refractivity contribution in [3.05, 3.63) is 58.4 Å². The first kappa shape index (κ1) is 29.3. The first-order valence-corrected chi connectivity index (χ1v) is 14.3. The number of aliphatic carboxylic acids is 1. The zero-order valence-electron chi connectivity index (χ0n) is 21.0. The summed E-state index contributed by atoms with van der Waals surface area (Å²) in [5, 5.41) is 24.7. The predicted molar refractivity (Wildman–Crippen MR) is 137 cm³/mol. The monoisotopic (exact) mass is 588 g/mol. The molecule has 0 aromatic heterocycles. The van der Waals surface area contributed by atoms with Gasteiger partial charge < -0.3 is 20.8 Å². The van der Waals surface area contributed by atoms with Crippen LogP contribution < -0.4 is 10.6 Å². The number of sulfone groups is 1.